The zero-order valence-corrected chi connectivity index (χ0v) is 8.37. The fourth-order valence-corrected chi connectivity index (χ4v) is 2.68. The Morgan fingerprint density at radius 3 is 3.21 bits per heavy atom. The number of hydrogen-bond donors (Lipinski definition) is 1. The van der Waals surface area contributed by atoms with Crippen LogP contribution in [0.15, 0.2) is 24.3 Å². The number of hydrogen-bond acceptors (Lipinski definition) is 2. The molecule has 0 saturated carbocycles. The van der Waals surface area contributed by atoms with Gasteiger partial charge in [-0.05, 0) is 24.5 Å². The first kappa shape index (κ1) is 8.30. The number of anilines is 1. The van der Waals surface area contributed by atoms with Crippen LogP contribution in [0.25, 0.3) is 0 Å². The van der Waals surface area contributed by atoms with Crippen molar-refractivity contribution in [2.75, 3.05) is 18.0 Å². The minimum absolute atomic E-state index is 0.735. The molecule has 2 aliphatic rings. The van der Waals surface area contributed by atoms with Crippen molar-refractivity contribution >= 4 is 5.69 Å². The van der Waals surface area contributed by atoms with Crippen molar-refractivity contribution in [1.29, 1.82) is 0 Å². The van der Waals surface area contributed by atoms with Gasteiger partial charge in [-0.2, -0.15) is 0 Å². The molecule has 0 unspecified atom stereocenters. The first-order valence-corrected chi connectivity index (χ1v) is 5.50. The van der Waals surface area contributed by atoms with E-state index in [0.717, 1.165) is 19.1 Å². The van der Waals surface area contributed by atoms with E-state index in [1.807, 2.05) is 0 Å². The van der Waals surface area contributed by atoms with Gasteiger partial charge in [-0.15, -0.1) is 0 Å². The van der Waals surface area contributed by atoms with Crippen molar-refractivity contribution < 1.29 is 0 Å². The van der Waals surface area contributed by atoms with Gasteiger partial charge in [0.15, 0.2) is 0 Å². The number of para-hydroxylation sites is 1. The summed E-state index contributed by atoms with van der Waals surface area (Å²) < 4.78 is 0. The van der Waals surface area contributed by atoms with Crippen LogP contribution in [0.2, 0.25) is 0 Å². The van der Waals surface area contributed by atoms with Gasteiger partial charge in [0.2, 0.25) is 0 Å². The van der Waals surface area contributed by atoms with Gasteiger partial charge < -0.3 is 10.2 Å². The molecule has 2 aliphatic heterocycles. The molecule has 0 spiro atoms. The zero-order chi connectivity index (χ0) is 9.38. The molecule has 2 nitrogen and oxygen atoms in total. The molecule has 2 heterocycles. The van der Waals surface area contributed by atoms with Crippen LogP contribution in [0.4, 0.5) is 5.69 Å². The molecule has 1 saturated heterocycles. The van der Waals surface area contributed by atoms with Crippen molar-refractivity contribution in [2.24, 2.45) is 0 Å². The number of nitrogens with one attached hydrogen (secondary N) is 1. The second-order valence-electron chi connectivity index (χ2n) is 4.25. The van der Waals surface area contributed by atoms with Crippen LogP contribution in [0.3, 0.4) is 0 Å². The van der Waals surface area contributed by atoms with Crippen LogP contribution in [-0.4, -0.2) is 19.1 Å². The van der Waals surface area contributed by atoms with E-state index in [1.54, 1.807) is 0 Å². The maximum Gasteiger partial charge on any atom is 0.0415 e. The number of fused-ring (bicyclic) bond motifs is 3. The molecule has 1 atom stereocenters. The van der Waals surface area contributed by atoms with Crippen molar-refractivity contribution in [3.63, 3.8) is 0 Å². The molecule has 0 amide bonds. The zero-order valence-electron chi connectivity index (χ0n) is 8.37. The third-order valence-corrected chi connectivity index (χ3v) is 3.37. The fourth-order valence-electron chi connectivity index (χ4n) is 2.68. The highest BCUT2D eigenvalue weighted by atomic mass is 15.2. The molecule has 1 aromatic rings. The van der Waals surface area contributed by atoms with Gasteiger partial charge in [0, 0.05) is 31.4 Å². The quantitative estimate of drug-likeness (QED) is 0.667. The van der Waals surface area contributed by atoms with Gasteiger partial charge >= 0.3 is 0 Å². The molecular weight excluding hydrogens is 172 g/mol. The third-order valence-electron chi connectivity index (χ3n) is 3.37. The van der Waals surface area contributed by atoms with Crippen LogP contribution < -0.4 is 10.2 Å². The summed E-state index contributed by atoms with van der Waals surface area (Å²) in [6.45, 7) is 3.42. The molecule has 0 radical (unpaired) electrons. The summed E-state index contributed by atoms with van der Waals surface area (Å²) in [5.74, 6) is 0. The number of benzene rings is 1. The van der Waals surface area contributed by atoms with Gasteiger partial charge in [0.25, 0.3) is 0 Å². The van der Waals surface area contributed by atoms with Crippen LogP contribution in [0.1, 0.15) is 18.4 Å². The van der Waals surface area contributed by atoms with E-state index in [4.69, 9.17) is 0 Å². The maximum atomic E-state index is 3.53. The highest BCUT2D eigenvalue weighted by Crippen LogP contribution is 2.30. The topological polar surface area (TPSA) is 15.3 Å². The monoisotopic (exact) mass is 188 g/mol. The molecule has 2 heteroatoms. The summed E-state index contributed by atoms with van der Waals surface area (Å²) in [7, 11) is 0. The van der Waals surface area contributed by atoms with E-state index in [-0.39, 0.29) is 0 Å². The Kier molecular flexibility index (Phi) is 1.95. The summed E-state index contributed by atoms with van der Waals surface area (Å²) in [4.78, 5) is 2.58. The Morgan fingerprint density at radius 1 is 1.29 bits per heavy atom. The summed E-state index contributed by atoms with van der Waals surface area (Å²) in [6, 6.07) is 9.53. The van der Waals surface area contributed by atoms with E-state index in [0.29, 0.717) is 0 Å². The average molecular weight is 188 g/mol. The van der Waals surface area contributed by atoms with Crippen molar-refractivity contribution in [2.45, 2.75) is 25.4 Å². The predicted octanol–water partition coefficient (Wildman–Crippen LogP) is 1.76. The van der Waals surface area contributed by atoms with Crippen LogP contribution in [-0.2, 0) is 6.54 Å². The molecule has 1 aromatic carbocycles. The van der Waals surface area contributed by atoms with Crippen LogP contribution in [0, 0.1) is 0 Å². The Morgan fingerprint density at radius 2 is 2.21 bits per heavy atom. The van der Waals surface area contributed by atoms with E-state index >= 15 is 0 Å². The largest absolute Gasteiger partial charge is 0.367 e. The average Bonchev–Trinajstić information content (AvgIpc) is 2.61. The minimum atomic E-state index is 0.735. The Labute approximate surface area is 84.9 Å². The van der Waals surface area contributed by atoms with Gasteiger partial charge in [0.1, 0.15) is 0 Å². The Balaban J connectivity index is 2.04. The summed E-state index contributed by atoms with van der Waals surface area (Å²) >= 11 is 0. The van der Waals surface area contributed by atoms with E-state index < -0.39 is 0 Å². The van der Waals surface area contributed by atoms with E-state index in [1.165, 1.54) is 30.6 Å². The third kappa shape index (κ3) is 1.22. The molecule has 1 fully saturated rings. The lowest BCUT2D eigenvalue weighted by molar-refractivity contribution is 0.593. The fraction of sp³-hybridized carbons (Fsp3) is 0.500. The number of nitrogens with zero attached hydrogens (tertiary/aromatic N) is 1. The number of rotatable bonds is 0. The smallest absolute Gasteiger partial charge is 0.0415 e. The lowest BCUT2D eigenvalue weighted by atomic mass is 10.1. The SMILES string of the molecule is c1ccc2c(c1)CNC[C@H]1CCCN21. The van der Waals surface area contributed by atoms with Gasteiger partial charge in [-0.25, -0.2) is 0 Å². The van der Waals surface area contributed by atoms with Crippen molar-refractivity contribution in [3.8, 4) is 0 Å². The lowest BCUT2D eigenvalue weighted by Gasteiger charge is -2.25. The van der Waals surface area contributed by atoms with Crippen molar-refractivity contribution in [1.82, 2.24) is 5.32 Å². The summed E-state index contributed by atoms with van der Waals surface area (Å²) in [6.07, 6.45) is 2.70. The van der Waals surface area contributed by atoms with Gasteiger partial charge in [0.05, 0.1) is 0 Å². The van der Waals surface area contributed by atoms with Crippen LogP contribution >= 0.6 is 0 Å². The second kappa shape index (κ2) is 3.28. The van der Waals surface area contributed by atoms with Crippen molar-refractivity contribution in [3.05, 3.63) is 29.8 Å². The first-order valence-electron chi connectivity index (χ1n) is 5.50. The Bertz CT molecular complexity index is 335. The molecule has 14 heavy (non-hydrogen) atoms. The van der Waals surface area contributed by atoms with E-state index in [2.05, 4.69) is 34.5 Å². The highest BCUT2D eigenvalue weighted by molar-refractivity contribution is 5.56. The lowest BCUT2D eigenvalue weighted by Crippen LogP contribution is -2.34. The first-order chi connectivity index (χ1) is 6.95. The minimum Gasteiger partial charge on any atom is -0.367 e. The molecular formula is C12H16N2. The molecule has 74 valence electrons. The summed E-state index contributed by atoms with van der Waals surface area (Å²) in [5, 5.41) is 3.53. The highest BCUT2D eigenvalue weighted by Gasteiger charge is 2.27. The molecule has 1 N–H and O–H groups in total. The molecule has 3 rings (SSSR count). The molecule has 0 aliphatic carbocycles. The van der Waals surface area contributed by atoms with Crippen LogP contribution in [0.5, 0.6) is 0 Å². The normalized spacial score (nSPS) is 25.4. The maximum absolute atomic E-state index is 3.53. The standard InChI is InChI=1S/C12H16N2/c1-2-6-12-10(4-1)8-13-9-11-5-3-7-14(11)12/h1-2,4,6,11,13H,3,5,7-9H2/t11-/m1/s1. The van der Waals surface area contributed by atoms with Gasteiger partial charge in [-0.1, -0.05) is 18.2 Å². The van der Waals surface area contributed by atoms with E-state index in [9.17, 15) is 0 Å². The summed E-state index contributed by atoms with van der Waals surface area (Å²) in [5.41, 5.74) is 2.91. The Hall–Kier alpha value is -1.02. The second-order valence-corrected chi connectivity index (χ2v) is 4.25. The van der Waals surface area contributed by atoms with Gasteiger partial charge in [-0.3, -0.25) is 0 Å². The molecule has 0 bridgehead atoms. The molecule has 0 aromatic heterocycles. The predicted molar refractivity (Wildman–Crippen MR) is 58.5 cm³/mol.